The molecule has 0 spiro atoms. The summed E-state index contributed by atoms with van der Waals surface area (Å²) in [5.41, 5.74) is 2.53. The van der Waals surface area contributed by atoms with Gasteiger partial charge in [0.2, 0.25) is 11.8 Å². The van der Waals surface area contributed by atoms with Crippen LogP contribution < -0.4 is 10.2 Å². The fraction of sp³-hybridized carbons (Fsp3) is 0.348. The molecule has 2 fully saturated rings. The molecule has 1 atom stereocenters. The van der Waals surface area contributed by atoms with Crippen molar-refractivity contribution in [1.29, 1.82) is 0 Å². The number of pyridine rings is 1. The second-order valence-corrected chi connectivity index (χ2v) is 9.68. The first-order valence-corrected chi connectivity index (χ1v) is 12.1. The molecule has 2 aromatic rings. The molecule has 1 aromatic heterocycles. The summed E-state index contributed by atoms with van der Waals surface area (Å²) in [4.78, 5) is 59.2. The molecular formula is C23H21BrClN5O4. The maximum atomic E-state index is 13.0. The number of piperazine rings is 1. The van der Waals surface area contributed by atoms with Gasteiger partial charge in [-0.15, -0.1) is 0 Å². The molecule has 0 bridgehead atoms. The average Bonchev–Trinajstić information content (AvgIpc) is 3.06. The van der Waals surface area contributed by atoms with Crippen molar-refractivity contribution >= 4 is 56.8 Å². The summed E-state index contributed by atoms with van der Waals surface area (Å²) in [6.45, 7) is 3.89. The van der Waals surface area contributed by atoms with E-state index in [9.17, 15) is 19.2 Å². The van der Waals surface area contributed by atoms with Gasteiger partial charge in [0.05, 0.1) is 21.3 Å². The number of nitrogens with zero attached hydrogens (tertiary/aromatic N) is 4. The summed E-state index contributed by atoms with van der Waals surface area (Å²) < 4.78 is 0.785. The second-order valence-electron chi connectivity index (χ2n) is 8.53. The van der Waals surface area contributed by atoms with Crippen LogP contribution in [-0.2, 0) is 16.1 Å². The Balaban J connectivity index is 1.26. The van der Waals surface area contributed by atoms with Crippen molar-refractivity contribution in [2.75, 3.05) is 31.1 Å². The number of piperidine rings is 1. The molecule has 1 aromatic carbocycles. The van der Waals surface area contributed by atoms with Crippen molar-refractivity contribution in [1.82, 2.24) is 20.1 Å². The van der Waals surface area contributed by atoms with E-state index in [-0.39, 0.29) is 18.7 Å². The number of carbonyl (C=O) groups excluding carboxylic acids is 4. The van der Waals surface area contributed by atoms with Crippen molar-refractivity contribution < 1.29 is 19.2 Å². The third-order valence-electron chi connectivity index (χ3n) is 6.45. The van der Waals surface area contributed by atoms with Gasteiger partial charge in [0.25, 0.3) is 11.8 Å². The van der Waals surface area contributed by atoms with Crippen molar-refractivity contribution in [2.45, 2.75) is 25.4 Å². The molecule has 0 radical (unpaired) electrons. The quantitative estimate of drug-likeness (QED) is 0.463. The van der Waals surface area contributed by atoms with Crippen LogP contribution in [0.15, 0.2) is 34.9 Å². The van der Waals surface area contributed by atoms with E-state index in [0.29, 0.717) is 22.8 Å². The summed E-state index contributed by atoms with van der Waals surface area (Å²) in [5.74, 6) is -1.97. The van der Waals surface area contributed by atoms with Crippen LogP contribution >= 0.6 is 27.5 Å². The zero-order valence-electron chi connectivity index (χ0n) is 18.1. The Morgan fingerprint density at radius 2 is 1.76 bits per heavy atom. The van der Waals surface area contributed by atoms with Crippen LogP contribution in [-0.4, -0.2) is 70.6 Å². The minimum atomic E-state index is -0.956. The molecule has 0 saturated carbocycles. The third kappa shape index (κ3) is 4.10. The van der Waals surface area contributed by atoms with Gasteiger partial charge in [-0.25, -0.2) is 4.98 Å². The molecule has 1 unspecified atom stereocenters. The number of amides is 4. The summed E-state index contributed by atoms with van der Waals surface area (Å²) in [6, 6.07) is 6.23. The number of nitrogens with one attached hydrogen (secondary N) is 1. The van der Waals surface area contributed by atoms with E-state index in [1.165, 1.54) is 0 Å². The number of hydrogen-bond acceptors (Lipinski definition) is 7. The molecule has 5 rings (SSSR count). The van der Waals surface area contributed by atoms with E-state index >= 15 is 0 Å². The second kappa shape index (κ2) is 9.09. The van der Waals surface area contributed by atoms with Crippen LogP contribution in [0.4, 0.5) is 5.69 Å². The number of anilines is 1. The van der Waals surface area contributed by atoms with Crippen molar-refractivity contribution in [2.24, 2.45) is 0 Å². The van der Waals surface area contributed by atoms with E-state index in [1.54, 1.807) is 18.3 Å². The molecule has 3 aliphatic rings. The third-order valence-corrected chi connectivity index (χ3v) is 7.75. The van der Waals surface area contributed by atoms with E-state index in [4.69, 9.17) is 11.6 Å². The maximum Gasteiger partial charge on any atom is 0.262 e. The highest BCUT2D eigenvalue weighted by molar-refractivity contribution is 9.10. The first-order chi connectivity index (χ1) is 16.3. The lowest BCUT2D eigenvalue weighted by Gasteiger charge is -2.36. The Morgan fingerprint density at radius 1 is 1.03 bits per heavy atom. The monoisotopic (exact) mass is 545 g/mol. The van der Waals surface area contributed by atoms with Gasteiger partial charge in [-0.2, -0.15) is 0 Å². The van der Waals surface area contributed by atoms with E-state index in [1.807, 2.05) is 12.1 Å². The van der Waals surface area contributed by atoms with Gasteiger partial charge in [0.1, 0.15) is 11.2 Å². The first-order valence-electron chi connectivity index (χ1n) is 11.0. The van der Waals surface area contributed by atoms with Crippen LogP contribution in [0.25, 0.3) is 0 Å². The fourth-order valence-corrected chi connectivity index (χ4v) is 5.31. The van der Waals surface area contributed by atoms with Crippen molar-refractivity contribution in [3.05, 3.63) is 56.8 Å². The molecule has 11 heteroatoms. The summed E-state index contributed by atoms with van der Waals surface area (Å²) >= 11 is 9.63. The highest BCUT2D eigenvalue weighted by Gasteiger charge is 2.44. The molecule has 34 heavy (non-hydrogen) atoms. The molecular weight excluding hydrogens is 526 g/mol. The average molecular weight is 547 g/mol. The number of halogens is 2. The number of carbonyl (C=O) groups is 4. The number of benzene rings is 1. The minimum Gasteiger partial charge on any atom is -0.368 e. The van der Waals surface area contributed by atoms with Gasteiger partial charge >= 0.3 is 0 Å². The summed E-state index contributed by atoms with van der Waals surface area (Å²) in [7, 11) is 0. The Kier molecular flexibility index (Phi) is 6.13. The van der Waals surface area contributed by atoms with Crippen LogP contribution in [0, 0.1) is 0 Å². The molecule has 9 nitrogen and oxygen atoms in total. The van der Waals surface area contributed by atoms with Crippen LogP contribution in [0.5, 0.6) is 0 Å². The van der Waals surface area contributed by atoms with Gasteiger partial charge in [0.15, 0.2) is 0 Å². The standard InChI is InChI=1S/C23H21BrClN5O4/c24-19-16(5-6-26-20(19)25)29-9-7-28(8-10-29)12-13-1-2-14-15(11-13)23(34)30(22(14)33)17-3-4-18(31)27-21(17)32/h1-2,5-6,11,17H,3-4,7-10,12H2,(H,27,31,32). The molecule has 0 aliphatic carbocycles. The lowest BCUT2D eigenvalue weighted by atomic mass is 10.0. The molecule has 2 saturated heterocycles. The first kappa shape index (κ1) is 22.9. The lowest BCUT2D eigenvalue weighted by molar-refractivity contribution is -0.136. The number of aromatic nitrogens is 1. The van der Waals surface area contributed by atoms with E-state index < -0.39 is 23.8 Å². The van der Waals surface area contributed by atoms with Crippen molar-refractivity contribution in [3.8, 4) is 0 Å². The zero-order valence-corrected chi connectivity index (χ0v) is 20.4. The molecule has 3 aliphatic heterocycles. The predicted octanol–water partition coefficient (Wildman–Crippen LogP) is 2.22. The number of fused-ring (bicyclic) bond motifs is 1. The smallest absolute Gasteiger partial charge is 0.262 e. The molecule has 4 heterocycles. The van der Waals surface area contributed by atoms with Crippen LogP contribution in [0.2, 0.25) is 5.15 Å². The Morgan fingerprint density at radius 3 is 2.50 bits per heavy atom. The summed E-state index contributed by atoms with van der Waals surface area (Å²) in [6.07, 6.45) is 1.94. The largest absolute Gasteiger partial charge is 0.368 e. The van der Waals surface area contributed by atoms with Gasteiger partial charge in [-0.1, -0.05) is 17.7 Å². The van der Waals surface area contributed by atoms with Gasteiger partial charge < -0.3 is 4.90 Å². The normalized spacial score (nSPS) is 21.2. The Hall–Kier alpha value is -2.82. The van der Waals surface area contributed by atoms with E-state index in [0.717, 1.165) is 46.8 Å². The van der Waals surface area contributed by atoms with Gasteiger partial charge in [-0.05, 0) is 46.1 Å². The van der Waals surface area contributed by atoms with Crippen LogP contribution in [0.1, 0.15) is 39.1 Å². The number of rotatable bonds is 4. The lowest BCUT2D eigenvalue weighted by Crippen LogP contribution is -2.54. The molecule has 176 valence electrons. The fourth-order valence-electron chi connectivity index (χ4n) is 4.67. The summed E-state index contributed by atoms with van der Waals surface area (Å²) in [5, 5.41) is 2.65. The highest BCUT2D eigenvalue weighted by Crippen LogP contribution is 2.32. The highest BCUT2D eigenvalue weighted by atomic mass is 79.9. The van der Waals surface area contributed by atoms with Gasteiger partial charge in [0, 0.05) is 45.3 Å². The SMILES string of the molecule is O=C1CCC(N2C(=O)c3ccc(CN4CCN(c5ccnc(Cl)c5Br)CC4)cc3C2=O)C(=O)N1. The minimum absolute atomic E-state index is 0.101. The maximum absolute atomic E-state index is 13.0. The van der Waals surface area contributed by atoms with Gasteiger partial charge in [-0.3, -0.25) is 34.3 Å². The predicted molar refractivity (Wildman–Crippen MR) is 128 cm³/mol. The molecule has 4 amide bonds. The number of imide groups is 2. The van der Waals surface area contributed by atoms with E-state index in [2.05, 4.69) is 36.0 Å². The van der Waals surface area contributed by atoms with Crippen molar-refractivity contribution in [3.63, 3.8) is 0 Å². The molecule has 1 N–H and O–H groups in total. The zero-order chi connectivity index (χ0) is 24.0. The Labute approximate surface area is 209 Å². The van der Waals surface area contributed by atoms with Crippen LogP contribution in [0.3, 0.4) is 0 Å². The topological polar surface area (TPSA) is 103 Å². The number of hydrogen-bond donors (Lipinski definition) is 1. The Bertz CT molecular complexity index is 1210.